The Labute approximate surface area is 158 Å². The first-order valence-electron chi connectivity index (χ1n) is 9.08. The van der Waals surface area contributed by atoms with E-state index in [2.05, 4.69) is 10.3 Å². The van der Waals surface area contributed by atoms with Crippen molar-refractivity contribution in [3.63, 3.8) is 0 Å². The summed E-state index contributed by atoms with van der Waals surface area (Å²) in [5.41, 5.74) is 3.32. The molecule has 0 N–H and O–H groups in total. The molecule has 8 heteroatoms. The molecule has 1 saturated heterocycles. The Morgan fingerprint density at radius 1 is 1.04 bits per heavy atom. The van der Waals surface area contributed by atoms with Crippen molar-refractivity contribution in [1.82, 2.24) is 19.5 Å². The van der Waals surface area contributed by atoms with E-state index in [4.69, 9.17) is 4.84 Å². The highest BCUT2D eigenvalue weighted by Crippen LogP contribution is 2.23. The molecule has 2 aromatic carbocycles. The van der Waals surface area contributed by atoms with E-state index in [9.17, 15) is 8.42 Å². The lowest BCUT2D eigenvalue weighted by molar-refractivity contribution is 0.0751. The Bertz CT molecular complexity index is 1040. The van der Waals surface area contributed by atoms with Crippen LogP contribution in [0.3, 0.4) is 0 Å². The highest BCUT2D eigenvalue weighted by Gasteiger charge is 2.26. The monoisotopic (exact) mass is 386 g/mol. The fourth-order valence-electron chi connectivity index (χ4n) is 3.21. The van der Waals surface area contributed by atoms with Gasteiger partial charge in [-0.05, 0) is 48.7 Å². The first kappa shape index (κ1) is 17.9. The van der Waals surface area contributed by atoms with Crippen LogP contribution in [-0.4, -0.2) is 41.0 Å². The minimum Gasteiger partial charge on any atom is -0.390 e. The highest BCUT2D eigenvalue weighted by molar-refractivity contribution is 7.89. The maximum absolute atomic E-state index is 12.9. The number of aromatic nitrogens is 3. The van der Waals surface area contributed by atoms with Crippen LogP contribution in [0.2, 0.25) is 0 Å². The summed E-state index contributed by atoms with van der Waals surface area (Å²) in [6.45, 7) is 3.49. The summed E-state index contributed by atoms with van der Waals surface area (Å²) >= 11 is 0. The molecular weight excluding hydrogens is 364 g/mol. The summed E-state index contributed by atoms with van der Waals surface area (Å²) in [5.74, 6) is 0. The minimum absolute atomic E-state index is 0.249. The van der Waals surface area contributed by atoms with Gasteiger partial charge < -0.3 is 4.84 Å². The van der Waals surface area contributed by atoms with Crippen molar-refractivity contribution in [2.24, 2.45) is 0 Å². The third-order valence-corrected chi connectivity index (χ3v) is 6.71. The summed E-state index contributed by atoms with van der Waals surface area (Å²) in [6, 6.07) is 12.9. The smallest absolute Gasteiger partial charge is 0.243 e. The van der Waals surface area contributed by atoms with Gasteiger partial charge in [-0.3, -0.25) is 0 Å². The van der Waals surface area contributed by atoms with Crippen LogP contribution >= 0.6 is 0 Å². The number of piperidine rings is 1. The molecule has 0 bridgehead atoms. The van der Waals surface area contributed by atoms with E-state index in [0.717, 1.165) is 24.8 Å². The second kappa shape index (κ2) is 7.28. The van der Waals surface area contributed by atoms with E-state index in [-0.39, 0.29) is 4.90 Å². The van der Waals surface area contributed by atoms with E-state index in [1.54, 1.807) is 22.5 Å². The van der Waals surface area contributed by atoms with Gasteiger partial charge in [0.05, 0.1) is 4.90 Å². The Morgan fingerprint density at radius 2 is 1.78 bits per heavy atom. The van der Waals surface area contributed by atoms with Crippen LogP contribution in [0.25, 0.3) is 11.0 Å². The van der Waals surface area contributed by atoms with Gasteiger partial charge in [-0.1, -0.05) is 41.1 Å². The fourth-order valence-corrected chi connectivity index (χ4v) is 4.75. The second-order valence-electron chi connectivity index (χ2n) is 6.84. The lowest BCUT2D eigenvalue weighted by Crippen LogP contribution is -2.35. The zero-order chi connectivity index (χ0) is 18.9. The van der Waals surface area contributed by atoms with Gasteiger partial charge in [0.15, 0.2) is 0 Å². The zero-order valence-electron chi connectivity index (χ0n) is 15.2. The molecule has 1 aromatic heterocycles. The third kappa shape index (κ3) is 3.68. The predicted molar refractivity (Wildman–Crippen MR) is 102 cm³/mol. The van der Waals surface area contributed by atoms with Crippen molar-refractivity contribution >= 4 is 21.1 Å². The van der Waals surface area contributed by atoms with Crippen LogP contribution < -0.4 is 4.84 Å². The maximum Gasteiger partial charge on any atom is 0.243 e. The van der Waals surface area contributed by atoms with Gasteiger partial charge in [0, 0.05) is 13.1 Å². The molecule has 142 valence electrons. The molecule has 0 saturated carbocycles. The lowest BCUT2D eigenvalue weighted by Gasteiger charge is -2.25. The molecular formula is C19H22N4O3S. The standard InChI is InChI=1S/C19H22N4O3S/c1-15-5-7-16(8-6-15)14-26-23-19-13-17(9-10-18(19)20-21-23)27(24,25)22-11-3-2-4-12-22/h5-10,13H,2-4,11-12,14H2,1H3. The average molecular weight is 386 g/mol. The van der Waals surface area contributed by atoms with Crippen molar-refractivity contribution in [2.45, 2.75) is 37.7 Å². The third-order valence-electron chi connectivity index (χ3n) is 4.81. The number of aryl methyl sites for hydroxylation is 1. The first-order valence-corrected chi connectivity index (χ1v) is 10.5. The van der Waals surface area contributed by atoms with Crippen LogP contribution in [0.4, 0.5) is 0 Å². The van der Waals surface area contributed by atoms with Crippen LogP contribution in [0, 0.1) is 6.92 Å². The second-order valence-corrected chi connectivity index (χ2v) is 8.77. The van der Waals surface area contributed by atoms with E-state index in [0.29, 0.717) is 30.7 Å². The molecule has 0 atom stereocenters. The number of rotatable bonds is 5. The van der Waals surface area contributed by atoms with E-state index in [1.165, 1.54) is 10.4 Å². The molecule has 27 heavy (non-hydrogen) atoms. The van der Waals surface area contributed by atoms with Gasteiger partial charge in [-0.2, -0.15) is 4.31 Å². The fraction of sp³-hybridized carbons (Fsp3) is 0.368. The van der Waals surface area contributed by atoms with Crippen molar-refractivity contribution in [2.75, 3.05) is 13.1 Å². The quantitative estimate of drug-likeness (QED) is 0.673. The largest absolute Gasteiger partial charge is 0.390 e. The van der Waals surface area contributed by atoms with Gasteiger partial charge in [0.25, 0.3) is 0 Å². The van der Waals surface area contributed by atoms with E-state index in [1.807, 2.05) is 31.2 Å². The molecule has 0 unspecified atom stereocenters. The van der Waals surface area contributed by atoms with E-state index >= 15 is 0 Å². The molecule has 1 fully saturated rings. The minimum atomic E-state index is -3.51. The number of hydrogen-bond acceptors (Lipinski definition) is 5. The molecule has 0 aliphatic carbocycles. The highest BCUT2D eigenvalue weighted by atomic mass is 32.2. The summed E-state index contributed by atoms with van der Waals surface area (Å²) in [4.78, 5) is 7.28. The van der Waals surface area contributed by atoms with Crippen LogP contribution in [-0.2, 0) is 16.6 Å². The molecule has 0 radical (unpaired) electrons. The molecule has 2 heterocycles. The average Bonchev–Trinajstić information content (AvgIpc) is 3.10. The molecule has 4 rings (SSSR count). The molecule has 3 aromatic rings. The molecule has 0 spiro atoms. The summed E-state index contributed by atoms with van der Waals surface area (Å²) < 4.78 is 27.4. The van der Waals surface area contributed by atoms with Crippen molar-refractivity contribution < 1.29 is 13.3 Å². The van der Waals surface area contributed by atoms with Gasteiger partial charge in [-0.15, -0.1) is 5.10 Å². The summed E-state index contributed by atoms with van der Waals surface area (Å²) in [6.07, 6.45) is 2.88. The number of nitrogens with zero attached hydrogens (tertiary/aromatic N) is 4. The van der Waals surface area contributed by atoms with Crippen LogP contribution in [0.1, 0.15) is 30.4 Å². The zero-order valence-corrected chi connectivity index (χ0v) is 16.0. The van der Waals surface area contributed by atoms with Gasteiger partial charge >= 0.3 is 0 Å². The Balaban J connectivity index is 1.60. The Kier molecular flexibility index (Phi) is 4.84. The van der Waals surface area contributed by atoms with Crippen molar-refractivity contribution in [3.8, 4) is 0 Å². The number of fused-ring (bicyclic) bond motifs is 1. The van der Waals surface area contributed by atoms with Crippen LogP contribution in [0.15, 0.2) is 47.4 Å². The van der Waals surface area contributed by atoms with Crippen molar-refractivity contribution in [3.05, 3.63) is 53.6 Å². The number of benzene rings is 2. The topological polar surface area (TPSA) is 77.3 Å². The van der Waals surface area contributed by atoms with Gasteiger partial charge in [0.2, 0.25) is 10.0 Å². The maximum atomic E-state index is 12.9. The van der Waals surface area contributed by atoms with E-state index < -0.39 is 10.0 Å². The number of hydrogen-bond donors (Lipinski definition) is 0. The summed E-state index contributed by atoms with van der Waals surface area (Å²) in [7, 11) is -3.51. The normalized spacial score (nSPS) is 15.9. The van der Waals surface area contributed by atoms with Gasteiger partial charge in [-0.25, -0.2) is 8.42 Å². The molecule has 7 nitrogen and oxygen atoms in total. The Hall–Kier alpha value is -2.45. The SMILES string of the molecule is Cc1ccc(COn2nnc3ccc(S(=O)(=O)N4CCCCC4)cc32)cc1. The number of sulfonamides is 1. The van der Waals surface area contributed by atoms with Crippen LogP contribution in [0.5, 0.6) is 0 Å². The molecule has 1 aliphatic rings. The predicted octanol–water partition coefficient (Wildman–Crippen LogP) is 2.54. The molecule has 1 aliphatic heterocycles. The molecule has 0 amide bonds. The summed E-state index contributed by atoms with van der Waals surface area (Å²) in [5, 5.41) is 8.06. The first-order chi connectivity index (χ1) is 13.0. The Morgan fingerprint density at radius 3 is 2.52 bits per heavy atom. The van der Waals surface area contributed by atoms with Crippen molar-refractivity contribution in [1.29, 1.82) is 0 Å². The lowest BCUT2D eigenvalue weighted by atomic mass is 10.2. The van der Waals surface area contributed by atoms with Gasteiger partial charge in [0.1, 0.15) is 17.6 Å².